The molecule has 0 aromatic heterocycles. The maximum atomic E-state index is 10.5. The first-order valence-electron chi connectivity index (χ1n) is 13.4. The van der Waals surface area contributed by atoms with Crippen molar-refractivity contribution in [1.82, 2.24) is 0 Å². The van der Waals surface area contributed by atoms with Gasteiger partial charge in [0.1, 0.15) is 28.5 Å². The van der Waals surface area contributed by atoms with Crippen molar-refractivity contribution in [2.24, 2.45) is 0 Å². The SMILES string of the molecule is Cc1c(C)c(C)c2c(c1C)CCC(C)(/C=C/[N+](=O)[O-])O2.Cc1c(C)c2c(c(C)c1O)CCC(C)(/C=C/[N+](=O)[O-])O2. The minimum atomic E-state index is -0.680. The summed E-state index contributed by atoms with van der Waals surface area (Å²) in [5, 5.41) is 31.1. The van der Waals surface area contributed by atoms with E-state index in [4.69, 9.17) is 9.47 Å². The largest absolute Gasteiger partial charge is 0.507 e. The van der Waals surface area contributed by atoms with Crippen LogP contribution in [0.15, 0.2) is 24.6 Å². The number of benzene rings is 2. The molecule has 9 heteroatoms. The summed E-state index contributed by atoms with van der Waals surface area (Å²) in [5.41, 5.74) is 8.47. The second kappa shape index (κ2) is 11.3. The zero-order valence-corrected chi connectivity index (χ0v) is 24.9. The molecule has 0 aliphatic carbocycles. The molecule has 0 radical (unpaired) electrons. The third-order valence-electron chi connectivity index (χ3n) is 8.61. The number of phenols is 1. The van der Waals surface area contributed by atoms with Gasteiger partial charge in [0.05, 0.1) is 9.85 Å². The molecule has 2 unspecified atom stereocenters. The van der Waals surface area contributed by atoms with E-state index in [0.717, 1.165) is 71.0 Å². The van der Waals surface area contributed by atoms with Crippen LogP contribution in [-0.2, 0) is 12.8 Å². The standard InChI is InChI=1S/C16H21NO3.C15H19NO4/c1-10-11(2)13(4)15-14(12(10)3)6-7-16(5,20-15)8-9-17(18)19;1-9-10(2)14-12(11(3)13(9)17)5-6-15(4,20-14)7-8-16(18)19/h8-9H,6-7H2,1-5H3;7-8,17H,5-6H2,1-4H3/b9-8+;8-7+. The van der Waals surface area contributed by atoms with Gasteiger partial charge in [0.25, 0.3) is 0 Å². The normalized spacial score (nSPS) is 21.6. The van der Waals surface area contributed by atoms with E-state index in [2.05, 4.69) is 27.7 Å². The van der Waals surface area contributed by atoms with Crippen molar-refractivity contribution in [2.75, 3.05) is 0 Å². The summed E-state index contributed by atoms with van der Waals surface area (Å²) in [5.74, 6) is 1.97. The summed E-state index contributed by atoms with van der Waals surface area (Å²) in [6.45, 7) is 17.8. The van der Waals surface area contributed by atoms with Crippen molar-refractivity contribution in [3.05, 3.63) is 94.9 Å². The third-order valence-corrected chi connectivity index (χ3v) is 8.61. The predicted octanol–water partition coefficient (Wildman–Crippen LogP) is 6.99. The summed E-state index contributed by atoms with van der Waals surface area (Å²) < 4.78 is 12.1. The Morgan fingerprint density at radius 3 is 1.45 bits per heavy atom. The Morgan fingerprint density at radius 1 is 0.650 bits per heavy atom. The van der Waals surface area contributed by atoms with E-state index in [9.17, 15) is 25.3 Å². The molecule has 4 rings (SSSR count). The van der Waals surface area contributed by atoms with Crippen molar-refractivity contribution in [1.29, 1.82) is 0 Å². The minimum absolute atomic E-state index is 0.314. The van der Waals surface area contributed by atoms with Gasteiger partial charge in [0, 0.05) is 17.7 Å². The van der Waals surface area contributed by atoms with E-state index in [-0.39, 0.29) is 0 Å². The Balaban J connectivity index is 0.000000220. The number of aromatic hydroxyl groups is 1. The van der Waals surface area contributed by atoms with Gasteiger partial charge in [-0.2, -0.15) is 0 Å². The Kier molecular flexibility index (Phi) is 8.67. The first-order chi connectivity index (χ1) is 18.5. The first kappa shape index (κ1) is 30.7. The second-order valence-corrected chi connectivity index (χ2v) is 11.4. The van der Waals surface area contributed by atoms with Gasteiger partial charge in [0.15, 0.2) is 0 Å². The number of phenolic OH excluding ortho intramolecular Hbond substituents is 1. The number of ether oxygens (including phenoxy) is 2. The Morgan fingerprint density at radius 2 is 1.02 bits per heavy atom. The van der Waals surface area contributed by atoms with Crippen molar-refractivity contribution < 1.29 is 24.4 Å². The van der Waals surface area contributed by atoms with E-state index in [1.54, 1.807) is 6.08 Å². The van der Waals surface area contributed by atoms with E-state index in [0.29, 0.717) is 12.2 Å². The summed E-state index contributed by atoms with van der Waals surface area (Å²) in [7, 11) is 0. The lowest BCUT2D eigenvalue weighted by atomic mass is 9.85. The molecular weight excluding hydrogens is 512 g/mol. The van der Waals surface area contributed by atoms with Gasteiger partial charge >= 0.3 is 0 Å². The highest BCUT2D eigenvalue weighted by Gasteiger charge is 2.34. The van der Waals surface area contributed by atoms with Crippen molar-refractivity contribution >= 4 is 0 Å². The molecular formula is C31H40N2O7. The van der Waals surface area contributed by atoms with Crippen molar-refractivity contribution in [3.8, 4) is 17.2 Å². The average Bonchev–Trinajstić information content (AvgIpc) is 2.91. The van der Waals surface area contributed by atoms with Gasteiger partial charge in [-0.25, -0.2) is 0 Å². The topological polar surface area (TPSA) is 125 Å². The molecule has 2 aliphatic heterocycles. The number of nitrogens with zero attached hydrogens (tertiary/aromatic N) is 2. The molecule has 0 spiro atoms. The van der Waals surface area contributed by atoms with Gasteiger partial charge in [-0.1, -0.05) is 0 Å². The molecule has 2 aromatic carbocycles. The summed E-state index contributed by atoms with van der Waals surface area (Å²) in [6.07, 6.45) is 7.98. The second-order valence-electron chi connectivity index (χ2n) is 11.4. The quantitative estimate of drug-likeness (QED) is 0.320. The highest BCUT2D eigenvalue weighted by molar-refractivity contribution is 5.58. The lowest BCUT2D eigenvalue weighted by molar-refractivity contribution is -0.403. The number of hydrogen-bond acceptors (Lipinski definition) is 7. The fraction of sp³-hybridized carbons (Fsp3) is 0.484. The van der Waals surface area contributed by atoms with Crippen molar-refractivity contribution in [2.45, 2.75) is 99.2 Å². The van der Waals surface area contributed by atoms with E-state index in [1.807, 2.05) is 34.6 Å². The lowest BCUT2D eigenvalue weighted by Gasteiger charge is -2.35. The molecule has 2 heterocycles. The van der Waals surface area contributed by atoms with Gasteiger partial charge in [-0.3, -0.25) is 20.2 Å². The number of rotatable bonds is 4. The number of hydrogen-bond donors (Lipinski definition) is 1. The van der Waals surface area contributed by atoms with Gasteiger partial charge in [0.2, 0.25) is 12.4 Å². The molecule has 0 amide bonds. The zero-order chi connectivity index (χ0) is 30.2. The highest BCUT2D eigenvalue weighted by Crippen LogP contribution is 2.44. The van der Waals surface area contributed by atoms with E-state index < -0.39 is 21.0 Å². The predicted molar refractivity (Wildman–Crippen MR) is 155 cm³/mol. The van der Waals surface area contributed by atoms with Crippen LogP contribution >= 0.6 is 0 Å². The van der Waals surface area contributed by atoms with E-state index >= 15 is 0 Å². The maximum absolute atomic E-state index is 10.5. The molecule has 1 N–H and O–H groups in total. The summed E-state index contributed by atoms with van der Waals surface area (Å²) in [6, 6.07) is 0. The van der Waals surface area contributed by atoms with Gasteiger partial charge in [-0.15, -0.1) is 0 Å². The molecule has 0 bridgehead atoms. The molecule has 216 valence electrons. The zero-order valence-electron chi connectivity index (χ0n) is 24.9. The average molecular weight is 553 g/mol. The Bertz CT molecular complexity index is 1320. The van der Waals surface area contributed by atoms with Crippen LogP contribution in [0.3, 0.4) is 0 Å². The van der Waals surface area contributed by atoms with Crippen molar-refractivity contribution in [3.63, 3.8) is 0 Å². The fourth-order valence-electron chi connectivity index (χ4n) is 5.39. The minimum Gasteiger partial charge on any atom is -0.507 e. The molecule has 9 nitrogen and oxygen atoms in total. The van der Waals surface area contributed by atoms with Crippen LogP contribution in [0.4, 0.5) is 0 Å². The summed E-state index contributed by atoms with van der Waals surface area (Å²) in [4.78, 5) is 20.1. The Hall–Kier alpha value is -3.88. The van der Waals surface area contributed by atoms with Gasteiger partial charge in [-0.05, 0) is 133 Å². The van der Waals surface area contributed by atoms with E-state index in [1.165, 1.54) is 28.3 Å². The fourth-order valence-corrected chi connectivity index (χ4v) is 5.39. The van der Waals surface area contributed by atoms with Gasteiger partial charge < -0.3 is 14.6 Å². The molecule has 0 saturated carbocycles. The molecule has 0 saturated heterocycles. The maximum Gasteiger partial charge on any atom is 0.234 e. The van der Waals surface area contributed by atoms with Crippen LogP contribution in [0, 0.1) is 68.7 Å². The monoisotopic (exact) mass is 552 g/mol. The molecule has 0 fully saturated rings. The van der Waals surface area contributed by atoms with Crippen LogP contribution in [0.1, 0.15) is 76.8 Å². The smallest absolute Gasteiger partial charge is 0.234 e. The highest BCUT2D eigenvalue weighted by atomic mass is 16.6. The number of fused-ring (bicyclic) bond motifs is 2. The van der Waals surface area contributed by atoms with Crippen LogP contribution in [0.2, 0.25) is 0 Å². The number of nitro groups is 2. The summed E-state index contributed by atoms with van der Waals surface area (Å²) >= 11 is 0. The third kappa shape index (κ3) is 6.13. The molecule has 2 aliphatic rings. The first-order valence-corrected chi connectivity index (χ1v) is 13.4. The Labute approximate surface area is 235 Å². The molecule has 2 aromatic rings. The van der Waals surface area contributed by atoms with Crippen LogP contribution in [-0.4, -0.2) is 26.2 Å². The van der Waals surface area contributed by atoms with Crippen LogP contribution in [0.25, 0.3) is 0 Å². The van der Waals surface area contributed by atoms with Crippen LogP contribution in [0.5, 0.6) is 17.2 Å². The lowest BCUT2D eigenvalue weighted by Crippen LogP contribution is -2.35. The van der Waals surface area contributed by atoms with Crippen LogP contribution < -0.4 is 9.47 Å². The molecule has 2 atom stereocenters. The molecule has 40 heavy (non-hydrogen) atoms.